The van der Waals surface area contributed by atoms with Crippen LogP contribution in [0.5, 0.6) is 0 Å². The summed E-state index contributed by atoms with van der Waals surface area (Å²) < 4.78 is 8.47. The molecule has 5 nitrogen and oxygen atoms in total. The number of hydrogen-bond acceptors (Lipinski definition) is 5. The summed E-state index contributed by atoms with van der Waals surface area (Å²) in [4.78, 5) is 2.22. The van der Waals surface area contributed by atoms with Gasteiger partial charge in [0, 0.05) is 18.8 Å². The van der Waals surface area contributed by atoms with Crippen molar-refractivity contribution in [3.8, 4) is 5.69 Å². The largest absolute Gasteiger partial charge is 0.378 e. The van der Waals surface area contributed by atoms with Gasteiger partial charge in [-0.1, -0.05) is 52.5 Å². The molecule has 2 aromatic rings. The number of ether oxygens (including phenoxy) is 1. The fraction of sp³-hybridized carbons (Fsp3) is 0.333. The van der Waals surface area contributed by atoms with Gasteiger partial charge in [-0.25, -0.2) is 0 Å². The lowest BCUT2D eigenvalue weighted by molar-refractivity contribution is 0.122. The molecule has 0 N–H and O–H groups in total. The van der Waals surface area contributed by atoms with Crippen LogP contribution < -0.4 is 4.90 Å². The van der Waals surface area contributed by atoms with E-state index in [-0.39, 0.29) is 0 Å². The minimum absolute atomic E-state index is 0.725. The summed E-state index contributed by atoms with van der Waals surface area (Å²) in [6.45, 7) is 7.00. The van der Waals surface area contributed by atoms with Crippen LogP contribution in [0, 0.1) is 0 Å². The van der Waals surface area contributed by atoms with Gasteiger partial charge in [-0.15, -0.1) is 10.2 Å². The Morgan fingerprint density at radius 2 is 1.95 bits per heavy atom. The predicted molar refractivity (Wildman–Crippen MR) is 93.2 cm³/mol. The molecular weight excluding hydrogens is 364 g/mol. The van der Waals surface area contributed by atoms with Gasteiger partial charge in [0.2, 0.25) is 5.95 Å². The Bertz CT molecular complexity index is 640. The molecule has 7 heteroatoms. The van der Waals surface area contributed by atoms with Gasteiger partial charge < -0.3 is 9.64 Å². The average Bonchev–Trinajstić information content (AvgIpc) is 2.98. The standard InChI is InChI=1S/C15H17BrN4OS/c1-12(16)11-22-15-18-17-14(19-7-9-21-10-8-19)20(15)13-5-3-2-4-6-13/h2-6H,1,7-11H2. The van der Waals surface area contributed by atoms with Crippen LogP contribution in [0.3, 0.4) is 0 Å². The van der Waals surface area contributed by atoms with E-state index in [2.05, 4.69) is 54.3 Å². The second kappa shape index (κ2) is 7.30. The highest BCUT2D eigenvalue weighted by molar-refractivity contribution is 9.11. The van der Waals surface area contributed by atoms with Crippen LogP contribution in [-0.2, 0) is 4.74 Å². The third kappa shape index (κ3) is 3.53. The van der Waals surface area contributed by atoms with Crippen LogP contribution in [0.4, 0.5) is 5.95 Å². The number of anilines is 1. The molecule has 1 aliphatic rings. The van der Waals surface area contributed by atoms with Gasteiger partial charge in [0.25, 0.3) is 0 Å². The Morgan fingerprint density at radius 3 is 2.64 bits per heavy atom. The Balaban J connectivity index is 1.97. The van der Waals surface area contributed by atoms with Gasteiger partial charge in [0.15, 0.2) is 5.16 Å². The number of thioether (sulfide) groups is 1. The molecule has 0 radical (unpaired) electrons. The number of morpholine rings is 1. The van der Waals surface area contributed by atoms with Gasteiger partial charge in [-0.05, 0) is 16.6 Å². The summed E-state index contributed by atoms with van der Waals surface area (Å²) in [5.41, 5.74) is 1.07. The van der Waals surface area contributed by atoms with Crippen LogP contribution in [0.2, 0.25) is 0 Å². The van der Waals surface area contributed by atoms with Crippen molar-refractivity contribution in [2.45, 2.75) is 5.16 Å². The smallest absolute Gasteiger partial charge is 0.232 e. The monoisotopic (exact) mass is 380 g/mol. The number of benzene rings is 1. The Morgan fingerprint density at radius 1 is 1.23 bits per heavy atom. The van der Waals surface area contributed by atoms with E-state index in [9.17, 15) is 0 Å². The molecule has 0 atom stereocenters. The summed E-state index contributed by atoms with van der Waals surface area (Å²) in [6, 6.07) is 10.2. The van der Waals surface area contributed by atoms with E-state index in [4.69, 9.17) is 4.74 Å². The summed E-state index contributed by atoms with van der Waals surface area (Å²) in [7, 11) is 0. The van der Waals surface area contributed by atoms with E-state index in [1.54, 1.807) is 11.8 Å². The summed E-state index contributed by atoms with van der Waals surface area (Å²) in [5.74, 6) is 1.63. The zero-order valence-corrected chi connectivity index (χ0v) is 14.5. The molecule has 2 heterocycles. The predicted octanol–water partition coefficient (Wildman–Crippen LogP) is 3.10. The molecule has 0 spiro atoms. The van der Waals surface area contributed by atoms with Crippen molar-refractivity contribution in [2.24, 2.45) is 0 Å². The molecule has 1 aromatic heterocycles. The van der Waals surface area contributed by atoms with Crippen molar-refractivity contribution in [3.05, 3.63) is 41.4 Å². The van der Waals surface area contributed by atoms with Crippen LogP contribution in [0.15, 0.2) is 46.5 Å². The number of rotatable bonds is 5. The van der Waals surface area contributed by atoms with E-state index in [1.807, 2.05) is 18.2 Å². The van der Waals surface area contributed by atoms with Crippen molar-refractivity contribution < 1.29 is 4.74 Å². The third-order valence-electron chi connectivity index (χ3n) is 3.28. The Hall–Kier alpha value is -1.31. The maximum Gasteiger partial charge on any atom is 0.232 e. The van der Waals surface area contributed by atoms with Crippen molar-refractivity contribution >= 4 is 33.6 Å². The summed E-state index contributed by atoms with van der Waals surface area (Å²) in [5, 5.41) is 9.65. The number of para-hydroxylation sites is 1. The van der Waals surface area contributed by atoms with E-state index < -0.39 is 0 Å². The lowest BCUT2D eigenvalue weighted by atomic mass is 10.3. The van der Waals surface area contributed by atoms with Crippen molar-refractivity contribution in [1.29, 1.82) is 0 Å². The number of nitrogens with zero attached hydrogens (tertiary/aromatic N) is 4. The van der Waals surface area contributed by atoms with E-state index in [1.165, 1.54) is 0 Å². The molecule has 0 unspecified atom stereocenters. The quantitative estimate of drug-likeness (QED) is 0.745. The molecule has 1 aromatic carbocycles. The number of halogens is 1. The fourth-order valence-electron chi connectivity index (χ4n) is 2.27. The molecule has 1 fully saturated rings. The van der Waals surface area contributed by atoms with Gasteiger partial charge in [-0.2, -0.15) is 0 Å². The van der Waals surface area contributed by atoms with Crippen molar-refractivity contribution in [3.63, 3.8) is 0 Å². The molecule has 116 valence electrons. The van der Waals surface area contributed by atoms with Gasteiger partial charge in [-0.3, -0.25) is 4.57 Å². The van der Waals surface area contributed by atoms with Gasteiger partial charge >= 0.3 is 0 Å². The Kier molecular flexibility index (Phi) is 5.17. The first-order valence-electron chi connectivity index (χ1n) is 7.05. The highest BCUT2D eigenvalue weighted by Crippen LogP contribution is 2.28. The normalized spacial score (nSPS) is 15.0. The topological polar surface area (TPSA) is 43.2 Å². The van der Waals surface area contributed by atoms with E-state index in [0.29, 0.717) is 0 Å². The molecule has 3 rings (SSSR count). The molecule has 0 bridgehead atoms. The minimum atomic E-state index is 0.725. The maximum atomic E-state index is 5.43. The molecule has 22 heavy (non-hydrogen) atoms. The summed E-state index contributed by atoms with van der Waals surface area (Å²) in [6.07, 6.45) is 0. The SMILES string of the molecule is C=C(Br)CSc1nnc(N2CCOCC2)n1-c1ccccc1. The third-order valence-corrected chi connectivity index (χ3v) is 4.95. The van der Waals surface area contributed by atoms with Crippen molar-refractivity contribution in [2.75, 3.05) is 37.0 Å². The molecule has 1 saturated heterocycles. The first-order chi connectivity index (χ1) is 10.8. The first kappa shape index (κ1) is 15.6. The minimum Gasteiger partial charge on any atom is -0.378 e. The molecular formula is C15H17BrN4OS. The lowest BCUT2D eigenvalue weighted by Gasteiger charge is -2.27. The van der Waals surface area contributed by atoms with Crippen LogP contribution in [0.25, 0.3) is 5.69 Å². The number of aromatic nitrogens is 3. The van der Waals surface area contributed by atoms with Crippen LogP contribution >= 0.6 is 27.7 Å². The molecule has 0 saturated carbocycles. The second-order valence-corrected chi connectivity index (χ2v) is 6.92. The van der Waals surface area contributed by atoms with Gasteiger partial charge in [0.05, 0.1) is 18.9 Å². The van der Waals surface area contributed by atoms with Crippen molar-refractivity contribution in [1.82, 2.24) is 14.8 Å². The highest BCUT2D eigenvalue weighted by Gasteiger charge is 2.21. The molecule has 0 amide bonds. The zero-order chi connectivity index (χ0) is 15.4. The Labute approximate surface area is 142 Å². The van der Waals surface area contributed by atoms with Crippen LogP contribution in [-0.4, -0.2) is 46.8 Å². The molecule has 0 aliphatic carbocycles. The first-order valence-corrected chi connectivity index (χ1v) is 8.83. The maximum absolute atomic E-state index is 5.43. The van der Waals surface area contributed by atoms with E-state index >= 15 is 0 Å². The zero-order valence-electron chi connectivity index (χ0n) is 12.1. The fourth-order valence-corrected chi connectivity index (χ4v) is 3.31. The van der Waals surface area contributed by atoms with E-state index in [0.717, 1.165) is 53.3 Å². The molecule has 1 aliphatic heterocycles. The van der Waals surface area contributed by atoms with Crippen LogP contribution in [0.1, 0.15) is 0 Å². The van der Waals surface area contributed by atoms with Gasteiger partial charge in [0.1, 0.15) is 0 Å². The second-order valence-electron chi connectivity index (χ2n) is 4.86. The summed E-state index contributed by atoms with van der Waals surface area (Å²) >= 11 is 5.02. The highest BCUT2D eigenvalue weighted by atomic mass is 79.9. The lowest BCUT2D eigenvalue weighted by Crippen LogP contribution is -2.37. The average molecular weight is 381 g/mol. The number of hydrogen-bond donors (Lipinski definition) is 0.